The minimum absolute atomic E-state index is 0.0548. The molecule has 1 amide bonds. The third-order valence-electron chi connectivity index (χ3n) is 4.46. The lowest BCUT2D eigenvalue weighted by atomic mass is 9.97. The normalized spacial score (nSPS) is 14.9. The standard InChI is InChI=1S/C20H24N2O2/c1-14-5-2-3-8-18(14)19(15-9-10-15)22-17-7-4-6-16(13-17)20(24)21-11-12-23/h2-8,13,15,19,22-23H,9-12H2,1H3,(H,21,24). The maximum atomic E-state index is 12.1. The zero-order valence-electron chi connectivity index (χ0n) is 14.0. The van der Waals surface area contributed by atoms with E-state index in [0.29, 0.717) is 11.5 Å². The molecule has 4 heteroatoms. The molecule has 1 aliphatic carbocycles. The van der Waals surface area contributed by atoms with Gasteiger partial charge in [0.1, 0.15) is 0 Å². The van der Waals surface area contributed by atoms with Crippen molar-refractivity contribution in [2.24, 2.45) is 5.92 Å². The number of hydrogen-bond acceptors (Lipinski definition) is 3. The van der Waals surface area contributed by atoms with Crippen LogP contribution in [0.3, 0.4) is 0 Å². The summed E-state index contributed by atoms with van der Waals surface area (Å²) in [5.74, 6) is 0.490. The number of aryl methyl sites for hydroxylation is 1. The molecule has 3 N–H and O–H groups in total. The zero-order valence-corrected chi connectivity index (χ0v) is 14.0. The van der Waals surface area contributed by atoms with Gasteiger partial charge < -0.3 is 15.7 Å². The van der Waals surface area contributed by atoms with Crippen molar-refractivity contribution in [3.8, 4) is 0 Å². The predicted molar refractivity (Wildman–Crippen MR) is 96.1 cm³/mol. The number of nitrogens with one attached hydrogen (secondary N) is 2. The van der Waals surface area contributed by atoms with E-state index in [4.69, 9.17) is 5.11 Å². The molecule has 0 radical (unpaired) electrons. The molecule has 0 saturated heterocycles. The highest BCUT2D eigenvalue weighted by molar-refractivity contribution is 5.95. The molecule has 2 aromatic rings. The summed E-state index contributed by atoms with van der Waals surface area (Å²) in [5, 5.41) is 15.1. The Hall–Kier alpha value is -2.33. The van der Waals surface area contributed by atoms with E-state index in [1.165, 1.54) is 24.0 Å². The van der Waals surface area contributed by atoms with E-state index < -0.39 is 0 Å². The van der Waals surface area contributed by atoms with Gasteiger partial charge in [-0.2, -0.15) is 0 Å². The van der Waals surface area contributed by atoms with Crippen molar-refractivity contribution >= 4 is 11.6 Å². The van der Waals surface area contributed by atoms with E-state index in [-0.39, 0.29) is 25.1 Å². The zero-order chi connectivity index (χ0) is 16.9. The monoisotopic (exact) mass is 324 g/mol. The molecule has 0 bridgehead atoms. The van der Waals surface area contributed by atoms with Gasteiger partial charge in [0.05, 0.1) is 12.6 Å². The van der Waals surface area contributed by atoms with Gasteiger partial charge in [-0.05, 0) is 55.0 Å². The van der Waals surface area contributed by atoms with Crippen LogP contribution in [0.15, 0.2) is 48.5 Å². The molecule has 1 fully saturated rings. The second kappa shape index (κ2) is 7.49. The van der Waals surface area contributed by atoms with Crippen LogP contribution in [-0.4, -0.2) is 24.2 Å². The van der Waals surface area contributed by atoms with Crippen molar-refractivity contribution < 1.29 is 9.90 Å². The molecule has 0 heterocycles. The third-order valence-corrected chi connectivity index (χ3v) is 4.46. The first kappa shape index (κ1) is 16.5. The summed E-state index contributed by atoms with van der Waals surface area (Å²) in [7, 11) is 0. The first-order valence-corrected chi connectivity index (χ1v) is 8.50. The van der Waals surface area contributed by atoms with Crippen LogP contribution >= 0.6 is 0 Å². The molecule has 0 spiro atoms. The molecule has 4 nitrogen and oxygen atoms in total. The number of anilines is 1. The van der Waals surface area contributed by atoms with Crippen molar-refractivity contribution in [1.82, 2.24) is 5.32 Å². The van der Waals surface area contributed by atoms with Gasteiger partial charge in [0.15, 0.2) is 0 Å². The number of rotatable bonds is 7. The minimum atomic E-state index is -0.161. The van der Waals surface area contributed by atoms with Crippen LogP contribution < -0.4 is 10.6 Å². The number of carbonyl (C=O) groups excluding carboxylic acids is 1. The Morgan fingerprint density at radius 2 is 2.00 bits per heavy atom. The molecular weight excluding hydrogens is 300 g/mol. The molecule has 2 aromatic carbocycles. The van der Waals surface area contributed by atoms with Gasteiger partial charge >= 0.3 is 0 Å². The van der Waals surface area contributed by atoms with Crippen LogP contribution in [0.4, 0.5) is 5.69 Å². The number of amides is 1. The fourth-order valence-electron chi connectivity index (χ4n) is 3.02. The molecule has 0 aromatic heterocycles. The number of hydrogen-bond donors (Lipinski definition) is 3. The topological polar surface area (TPSA) is 61.4 Å². The molecule has 3 rings (SSSR count). The molecule has 24 heavy (non-hydrogen) atoms. The lowest BCUT2D eigenvalue weighted by molar-refractivity contribution is 0.0945. The van der Waals surface area contributed by atoms with Gasteiger partial charge in [-0.1, -0.05) is 30.3 Å². The Kier molecular flexibility index (Phi) is 5.16. The smallest absolute Gasteiger partial charge is 0.251 e. The van der Waals surface area contributed by atoms with Crippen LogP contribution in [0, 0.1) is 12.8 Å². The first-order valence-electron chi connectivity index (χ1n) is 8.50. The summed E-state index contributed by atoms with van der Waals surface area (Å²) in [5.41, 5.74) is 4.17. The first-order chi connectivity index (χ1) is 11.7. The molecule has 1 atom stereocenters. The van der Waals surface area contributed by atoms with Gasteiger partial charge in [0.25, 0.3) is 5.91 Å². The van der Waals surface area contributed by atoms with Crippen LogP contribution in [-0.2, 0) is 0 Å². The van der Waals surface area contributed by atoms with Crippen LogP contribution in [0.5, 0.6) is 0 Å². The summed E-state index contributed by atoms with van der Waals surface area (Å²) in [6, 6.07) is 16.3. The van der Waals surface area contributed by atoms with Gasteiger partial charge in [-0.15, -0.1) is 0 Å². The van der Waals surface area contributed by atoms with Gasteiger partial charge in [0.2, 0.25) is 0 Å². The number of benzene rings is 2. The van der Waals surface area contributed by atoms with Crippen molar-refractivity contribution in [3.05, 3.63) is 65.2 Å². The maximum absolute atomic E-state index is 12.1. The summed E-state index contributed by atoms with van der Waals surface area (Å²) in [6.45, 7) is 2.36. The maximum Gasteiger partial charge on any atom is 0.251 e. The Morgan fingerprint density at radius 1 is 1.21 bits per heavy atom. The summed E-state index contributed by atoms with van der Waals surface area (Å²) in [6.07, 6.45) is 2.48. The fourth-order valence-corrected chi connectivity index (χ4v) is 3.02. The third kappa shape index (κ3) is 3.95. The van der Waals surface area contributed by atoms with E-state index >= 15 is 0 Å². The molecular formula is C20H24N2O2. The van der Waals surface area contributed by atoms with E-state index in [0.717, 1.165) is 5.69 Å². The quantitative estimate of drug-likeness (QED) is 0.732. The SMILES string of the molecule is Cc1ccccc1C(Nc1cccc(C(=O)NCCO)c1)C1CC1. The second-order valence-corrected chi connectivity index (χ2v) is 6.38. The average Bonchev–Trinajstić information content (AvgIpc) is 3.43. The van der Waals surface area contributed by atoms with Crippen molar-refractivity contribution in [1.29, 1.82) is 0 Å². The van der Waals surface area contributed by atoms with Crippen LogP contribution in [0.2, 0.25) is 0 Å². The lowest BCUT2D eigenvalue weighted by Gasteiger charge is -2.22. The highest BCUT2D eigenvalue weighted by Crippen LogP contribution is 2.43. The van der Waals surface area contributed by atoms with Gasteiger partial charge in [-0.25, -0.2) is 0 Å². The van der Waals surface area contributed by atoms with E-state index in [1.807, 2.05) is 18.2 Å². The Labute approximate surface area is 142 Å². The highest BCUT2D eigenvalue weighted by Gasteiger charge is 2.33. The van der Waals surface area contributed by atoms with Crippen molar-refractivity contribution in [2.75, 3.05) is 18.5 Å². The average molecular weight is 324 g/mol. The highest BCUT2D eigenvalue weighted by atomic mass is 16.3. The van der Waals surface area contributed by atoms with Gasteiger partial charge in [-0.3, -0.25) is 4.79 Å². The Bertz CT molecular complexity index is 710. The molecule has 1 aliphatic rings. The van der Waals surface area contributed by atoms with E-state index in [1.54, 1.807) is 6.07 Å². The second-order valence-electron chi connectivity index (χ2n) is 6.38. The minimum Gasteiger partial charge on any atom is -0.395 e. The van der Waals surface area contributed by atoms with Gasteiger partial charge in [0, 0.05) is 17.8 Å². The summed E-state index contributed by atoms with van der Waals surface area (Å²) >= 11 is 0. The fraction of sp³-hybridized carbons (Fsp3) is 0.350. The predicted octanol–water partition coefficient (Wildman–Crippen LogP) is 3.28. The van der Waals surface area contributed by atoms with Crippen LogP contribution in [0.1, 0.15) is 40.4 Å². The largest absolute Gasteiger partial charge is 0.395 e. The van der Waals surface area contributed by atoms with Crippen molar-refractivity contribution in [2.45, 2.75) is 25.8 Å². The van der Waals surface area contributed by atoms with Crippen molar-refractivity contribution in [3.63, 3.8) is 0 Å². The Morgan fingerprint density at radius 3 is 2.71 bits per heavy atom. The number of aliphatic hydroxyl groups is 1. The Balaban J connectivity index is 1.78. The molecule has 126 valence electrons. The van der Waals surface area contributed by atoms with Crippen LogP contribution in [0.25, 0.3) is 0 Å². The molecule has 1 unspecified atom stereocenters. The van der Waals surface area contributed by atoms with E-state index in [2.05, 4.69) is 41.8 Å². The summed E-state index contributed by atoms with van der Waals surface area (Å²) in [4.78, 5) is 12.1. The molecule has 0 aliphatic heterocycles. The summed E-state index contributed by atoms with van der Waals surface area (Å²) < 4.78 is 0. The van der Waals surface area contributed by atoms with E-state index in [9.17, 15) is 4.79 Å². The number of carbonyl (C=O) groups is 1. The molecule has 1 saturated carbocycles. The lowest BCUT2D eigenvalue weighted by Crippen LogP contribution is -2.26. The number of aliphatic hydroxyl groups excluding tert-OH is 1.